The van der Waals surface area contributed by atoms with E-state index in [4.69, 9.17) is 10.2 Å². The Morgan fingerprint density at radius 2 is 1.75 bits per heavy atom. The van der Waals surface area contributed by atoms with Gasteiger partial charge in [-0.25, -0.2) is 4.79 Å². The summed E-state index contributed by atoms with van der Waals surface area (Å²) in [6, 6.07) is 0. The van der Waals surface area contributed by atoms with Gasteiger partial charge in [-0.05, 0) is 0 Å². The monoisotopic (exact) mass is 192 g/mol. The van der Waals surface area contributed by atoms with Crippen molar-refractivity contribution in [3.63, 3.8) is 0 Å². The molecule has 0 fully saturated rings. The SMILES string of the molecule is O=C(O)C(F)(OCO)C(F)(F)F. The third kappa shape index (κ3) is 1.83. The van der Waals surface area contributed by atoms with E-state index < -0.39 is 24.8 Å². The Kier molecular flexibility index (Phi) is 2.99. The molecule has 0 radical (unpaired) electrons. The standard InChI is InChI=1S/C4H4F4O4/c5-3(2(10)11,12-1-9)4(6,7)8/h9H,1H2,(H,10,11). The van der Waals surface area contributed by atoms with Crippen LogP contribution < -0.4 is 0 Å². The van der Waals surface area contributed by atoms with Crippen LogP contribution in [-0.4, -0.2) is 35.0 Å². The number of alkyl halides is 4. The van der Waals surface area contributed by atoms with Gasteiger partial charge in [0, 0.05) is 0 Å². The van der Waals surface area contributed by atoms with Crippen LogP contribution in [0.15, 0.2) is 0 Å². The van der Waals surface area contributed by atoms with Crippen molar-refractivity contribution in [1.82, 2.24) is 0 Å². The van der Waals surface area contributed by atoms with Gasteiger partial charge in [-0.1, -0.05) is 0 Å². The summed E-state index contributed by atoms with van der Waals surface area (Å²) < 4.78 is 50.0. The van der Waals surface area contributed by atoms with Gasteiger partial charge in [-0.3, -0.25) is 0 Å². The number of hydrogen-bond donors (Lipinski definition) is 2. The van der Waals surface area contributed by atoms with Crippen molar-refractivity contribution in [3.05, 3.63) is 0 Å². The van der Waals surface area contributed by atoms with Crippen LogP contribution in [0.2, 0.25) is 0 Å². The van der Waals surface area contributed by atoms with E-state index in [2.05, 4.69) is 4.74 Å². The molecule has 0 aliphatic rings. The van der Waals surface area contributed by atoms with Gasteiger partial charge >= 0.3 is 18.0 Å². The average molecular weight is 192 g/mol. The Bertz CT molecular complexity index is 178. The van der Waals surface area contributed by atoms with Crippen LogP contribution in [0.5, 0.6) is 0 Å². The average Bonchev–Trinajstić information content (AvgIpc) is 1.85. The van der Waals surface area contributed by atoms with E-state index in [1.165, 1.54) is 0 Å². The van der Waals surface area contributed by atoms with Crippen LogP contribution in [0.4, 0.5) is 17.6 Å². The highest BCUT2D eigenvalue weighted by atomic mass is 19.4. The van der Waals surface area contributed by atoms with Crippen molar-refractivity contribution in [3.8, 4) is 0 Å². The van der Waals surface area contributed by atoms with Crippen molar-refractivity contribution in [1.29, 1.82) is 0 Å². The van der Waals surface area contributed by atoms with Crippen LogP contribution in [-0.2, 0) is 9.53 Å². The minimum Gasteiger partial charge on any atom is -0.477 e. The quantitative estimate of drug-likeness (QED) is 0.497. The first kappa shape index (κ1) is 11.1. The van der Waals surface area contributed by atoms with Crippen LogP contribution in [0.1, 0.15) is 0 Å². The Morgan fingerprint density at radius 3 is 1.83 bits per heavy atom. The summed E-state index contributed by atoms with van der Waals surface area (Å²) >= 11 is 0. The Hall–Kier alpha value is -0.890. The lowest BCUT2D eigenvalue weighted by atomic mass is 10.3. The first-order chi connectivity index (χ1) is 5.25. The first-order valence-electron chi connectivity index (χ1n) is 2.49. The zero-order valence-electron chi connectivity index (χ0n) is 5.43. The lowest BCUT2D eigenvalue weighted by molar-refractivity contribution is -0.335. The number of aliphatic hydroxyl groups is 1. The fourth-order valence-corrected chi connectivity index (χ4v) is 0.354. The molecule has 0 spiro atoms. The number of carboxylic acid groups (broad SMARTS) is 1. The lowest BCUT2D eigenvalue weighted by Crippen LogP contribution is -2.50. The molecule has 0 amide bonds. The zero-order valence-corrected chi connectivity index (χ0v) is 5.43. The molecule has 0 aromatic heterocycles. The molecule has 0 saturated heterocycles. The van der Waals surface area contributed by atoms with Crippen LogP contribution in [0, 0.1) is 0 Å². The fourth-order valence-electron chi connectivity index (χ4n) is 0.354. The molecular weight excluding hydrogens is 188 g/mol. The van der Waals surface area contributed by atoms with Gasteiger partial charge in [0.25, 0.3) is 0 Å². The number of carboxylic acids is 1. The maximum absolute atomic E-state index is 12.3. The number of aliphatic hydroxyl groups excluding tert-OH is 1. The second-order valence-electron chi connectivity index (χ2n) is 1.67. The molecule has 4 nitrogen and oxygen atoms in total. The molecule has 0 aromatic rings. The summed E-state index contributed by atoms with van der Waals surface area (Å²) in [5, 5.41) is 15.6. The van der Waals surface area contributed by atoms with E-state index >= 15 is 0 Å². The molecule has 1 atom stereocenters. The normalized spacial score (nSPS) is 17.1. The number of aliphatic carboxylic acids is 1. The summed E-state index contributed by atoms with van der Waals surface area (Å²) in [5.74, 6) is -7.70. The number of rotatable bonds is 3. The van der Waals surface area contributed by atoms with Gasteiger partial charge in [-0.15, -0.1) is 0 Å². The second-order valence-corrected chi connectivity index (χ2v) is 1.67. The molecule has 0 saturated carbocycles. The molecule has 12 heavy (non-hydrogen) atoms. The van der Waals surface area contributed by atoms with Crippen LogP contribution >= 0.6 is 0 Å². The number of ether oxygens (including phenoxy) is 1. The summed E-state index contributed by atoms with van der Waals surface area (Å²) in [4.78, 5) is 9.73. The van der Waals surface area contributed by atoms with Gasteiger partial charge in [0.15, 0.2) is 0 Å². The Labute approximate surface area is 63.4 Å². The molecule has 0 aliphatic heterocycles. The third-order valence-electron chi connectivity index (χ3n) is 0.903. The molecule has 0 heterocycles. The smallest absolute Gasteiger partial charge is 0.460 e. The molecule has 0 aromatic carbocycles. The Balaban J connectivity index is 4.75. The van der Waals surface area contributed by atoms with Gasteiger partial charge in [0.05, 0.1) is 0 Å². The van der Waals surface area contributed by atoms with Crippen LogP contribution in [0.25, 0.3) is 0 Å². The summed E-state index contributed by atoms with van der Waals surface area (Å²) in [7, 11) is 0. The fraction of sp³-hybridized carbons (Fsp3) is 0.750. The minimum atomic E-state index is -5.72. The molecule has 2 N–H and O–H groups in total. The van der Waals surface area contributed by atoms with Crippen molar-refractivity contribution in [2.75, 3.05) is 6.79 Å². The number of hydrogen-bond acceptors (Lipinski definition) is 3. The second kappa shape index (κ2) is 3.23. The molecule has 1 unspecified atom stereocenters. The van der Waals surface area contributed by atoms with Crippen molar-refractivity contribution >= 4 is 5.97 Å². The highest BCUT2D eigenvalue weighted by Gasteiger charge is 2.64. The molecule has 0 aliphatic carbocycles. The molecular formula is C4H4F4O4. The van der Waals surface area contributed by atoms with Crippen LogP contribution in [0.3, 0.4) is 0 Å². The highest BCUT2D eigenvalue weighted by Crippen LogP contribution is 2.35. The van der Waals surface area contributed by atoms with Crippen molar-refractivity contribution in [2.45, 2.75) is 12.0 Å². The van der Waals surface area contributed by atoms with E-state index in [9.17, 15) is 22.4 Å². The van der Waals surface area contributed by atoms with Gasteiger partial charge in [0.2, 0.25) is 0 Å². The van der Waals surface area contributed by atoms with E-state index in [1.807, 2.05) is 0 Å². The topological polar surface area (TPSA) is 66.8 Å². The molecule has 0 rings (SSSR count). The lowest BCUT2D eigenvalue weighted by Gasteiger charge is -2.21. The van der Waals surface area contributed by atoms with E-state index in [0.717, 1.165) is 0 Å². The molecule has 0 bridgehead atoms. The minimum absolute atomic E-state index is 1.68. The third-order valence-corrected chi connectivity index (χ3v) is 0.903. The van der Waals surface area contributed by atoms with E-state index in [1.54, 1.807) is 0 Å². The van der Waals surface area contributed by atoms with Gasteiger partial charge < -0.3 is 14.9 Å². The summed E-state index contributed by atoms with van der Waals surface area (Å²) in [6.45, 7) is -1.68. The van der Waals surface area contributed by atoms with Crippen molar-refractivity contribution in [2.24, 2.45) is 0 Å². The molecule has 72 valence electrons. The van der Waals surface area contributed by atoms with E-state index in [0.29, 0.717) is 0 Å². The Morgan fingerprint density at radius 1 is 1.33 bits per heavy atom. The first-order valence-corrected chi connectivity index (χ1v) is 2.49. The largest absolute Gasteiger partial charge is 0.477 e. The maximum Gasteiger partial charge on any atom is 0.460 e. The van der Waals surface area contributed by atoms with Gasteiger partial charge in [0.1, 0.15) is 6.79 Å². The molecule has 8 heteroatoms. The zero-order chi connectivity index (χ0) is 9.99. The highest BCUT2D eigenvalue weighted by molar-refractivity contribution is 5.76. The predicted octanol–water partition coefficient (Wildman–Crippen LogP) is 0.265. The summed E-state index contributed by atoms with van der Waals surface area (Å²) in [6.07, 6.45) is -5.72. The number of carbonyl (C=O) groups is 1. The van der Waals surface area contributed by atoms with E-state index in [-0.39, 0.29) is 0 Å². The van der Waals surface area contributed by atoms with Gasteiger partial charge in [-0.2, -0.15) is 17.6 Å². The predicted molar refractivity (Wildman–Crippen MR) is 25.7 cm³/mol. The number of halogens is 4. The summed E-state index contributed by atoms with van der Waals surface area (Å²) in [5.41, 5.74) is 0. The maximum atomic E-state index is 12.3. The van der Waals surface area contributed by atoms with Crippen molar-refractivity contribution < 1.29 is 37.3 Å².